The third-order valence-corrected chi connectivity index (χ3v) is 15.2. The average Bonchev–Trinajstić information content (AvgIpc) is 3.23. The van der Waals surface area contributed by atoms with E-state index < -0.39 is 8.07 Å². The van der Waals surface area contributed by atoms with Crippen molar-refractivity contribution in [2.24, 2.45) is 0 Å². The van der Waals surface area contributed by atoms with Crippen molar-refractivity contribution in [2.45, 2.75) is 0 Å². The highest BCUT2D eigenvalue weighted by molar-refractivity contribution is 7.19. The van der Waals surface area contributed by atoms with Gasteiger partial charge in [-0.25, -0.2) is 0 Å². The maximum Gasteiger partial charge on any atom is 0.179 e. The first-order valence-electron chi connectivity index (χ1n) is 18.0. The lowest BCUT2D eigenvalue weighted by Crippen LogP contribution is -2.74. The van der Waals surface area contributed by atoms with Crippen LogP contribution in [0.2, 0.25) is 0 Å². The molecule has 0 aliphatic heterocycles. The fraction of sp³-hybridized carbons (Fsp3) is 0. The minimum absolute atomic E-state index is 1.13. The number of benzene rings is 9. The molecule has 0 saturated heterocycles. The van der Waals surface area contributed by atoms with Gasteiger partial charge in [-0.1, -0.05) is 200 Å². The molecule has 9 aromatic rings. The van der Waals surface area contributed by atoms with Crippen LogP contribution in [0, 0.1) is 0 Å². The summed E-state index contributed by atoms with van der Waals surface area (Å²) >= 11 is 0. The zero-order valence-electron chi connectivity index (χ0n) is 28.8. The van der Waals surface area contributed by atoms with Crippen LogP contribution in [-0.4, -0.2) is 8.07 Å². The van der Waals surface area contributed by atoms with Gasteiger partial charge >= 0.3 is 0 Å². The van der Waals surface area contributed by atoms with Crippen LogP contribution in [-0.2, 0) is 0 Å². The highest BCUT2D eigenvalue weighted by atomic mass is 28.3. The lowest BCUT2D eigenvalue weighted by Gasteiger charge is -2.34. The highest BCUT2D eigenvalue weighted by Gasteiger charge is 2.41. The molecule has 9 rings (SSSR count). The molecular formula is C50H37NSi. The summed E-state index contributed by atoms with van der Waals surface area (Å²) in [6.45, 7) is 0. The molecule has 0 aromatic heterocycles. The van der Waals surface area contributed by atoms with Gasteiger partial charge in [0.25, 0.3) is 0 Å². The molecule has 246 valence electrons. The van der Waals surface area contributed by atoms with Crippen LogP contribution in [0.4, 0.5) is 17.1 Å². The molecule has 0 heterocycles. The molecule has 1 nitrogen and oxygen atoms in total. The fourth-order valence-electron chi connectivity index (χ4n) is 8.17. The third kappa shape index (κ3) is 5.33. The average molecular weight is 680 g/mol. The summed E-state index contributed by atoms with van der Waals surface area (Å²) < 4.78 is 0. The van der Waals surface area contributed by atoms with Gasteiger partial charge < -0.3 is 4.90 Å². The predicted molar refractivity (Wildman–Crippen MR) is 225 cm³/mol. The first-order chi connectivity index (χ1) is 25.8. The molecular weight excluding hydrogens is 643 g/mol. The summed E-state index contributed by atoms with van der Waals surface area (Å²) in [6.07, 6.45) is 0. The van der Waals surface area contributed by atoms with Gasteiger partial charge in [-0.3, -0.25) is 0 Å². The van der Waals surface area contributed by atoms with E-state index in [0.29, 0.717) is 0 Å². The molecule has 0 atom stereocenters. The monoisotopic (exact) mass is 679 g/mol. The second kappa shape index (κ2) is 13.7. The Labute approximate surface area is 306 Å². The standard InChI is InChI=1S/C50H37NSi/c1-6-20-39(21-7-1)51(40-22-8-2-9-23-40)50-47-32-18-16-30-45(47)49(46-31-17-19-33-48(46)50)38-34-36-44(37-35-38)52(41-24-10-3-11-25-41,42-26-12-4-13-27-42)43-28-14-5-15-29-43/h1-37H. The largest absolute Gasteiger partial charge is 0.309 e. The van der Waals surface area contributed by atoms with Crippen LogP contribution in [0.25, 0.3) is 32.7 Å². The molecule has 0 amide bonds. The maximum atomic E-state index is 2.41. The van der Waals surface area contributed by atoms with Crippen molar-refractivity contribution in [2.75, 3.05) is 4.90 Å². The Bertz CT molecular complexity index is 2390. The van der Waals surface area contributed by atoms with E-state index in [2.05, 4.69) is 229 Å². The molecule has 0 fully saturated rings. The smallest absolute Gasteiger partial charge is 0.179 e. The molecule has 0 aliphatic carbocycles. The molecule has 0 aliphatic rings. The van der Waals surface area contributed by atoms with Crippen molar-refractivity contribution in [3.63, 3.8) is 0 Å². The number of rotatable bonds is 8. The number of para-hydroxylation sites is 2. The number of hydrogen-bond donors (Lipinski definition) is 0. The molecule has 0 saturated carbocycles. The van der Waals surface area contributed by atoms with E-state index in [1.807, 2.05) is 0 Å². The zero-order chi connectivity index (χ0) is 34.7. The first kappa shape index (κ1) is 31.5. The quantitative estimate of drug-likeness (QED) is 0.0878. The van der Waals surface area contributed by atoms with Gasteiger partial charge in [0.1, 0.15) is 0 Å². The lowest BCUT2D eigenvalue weighted by atomic mass is 9.90. The third-order valence-electron chi connectivity index (χ3n) is 10.4. The van der Waals surface area contributed by atoms with Crippen LogP contribution < -0.4 is 25.6 Å². The Balaban J connectivity index is 1.30. The summed E-state index contributed by atoms with van der Waals surface area (Å²) in [5.41, 5.74) is 5.92. The summed E-state index contributed by atoms with van der Waals surface area (Å²) in [7, 11) is -2.64. The SMILES string of the molecule is c1ccc(N(c2ccccc2)c2c3ccccc3c(-c3ccc([Si](c4ccccc4)(c4ccccc4)c4ccccc4)cc3)c3ccccc23)cc1. The minimum atomic E-state index is -2.64. The van der Waals surface area contributed by atoms with Gasteiger partial charge in [-0.2, -0.15) is 0 Å². The summed E-state index contributed by atoms with van der Waals surface area (Å²) in [5, 5.41) is 10.4. The van der Waals surface area contributed by atoms with Crippen molar-refractivity contribution in [3.8, 4) is 11.1 Å². The van der Waals surface area contributed by atoms with Gasteiger partial charge in [-0.05, 0) is 66.9 Å². The van der Waals surface area contributed by atoms with Crippen LogP contribution >= 0.6 is 0 Å². The molecule has 2 heteroatoms. The molecule has 0 unspecified atom stereocenters. The topological polar surface area (TPSA) is 3.24 Å². The summed E-state index contributed by atoms with van der Waals surface area (Å²) in [5.74, 6) is 0. The van der Waals surface area contributed by atoms with E-state index in [0.717, 1.165) is 11.4 Å². The Morgan fingerprint density at radius 2 is 0.577 bits per heavy atom. The van der Waals surface area contributed by atoms with Crippen LogP contribution in [0.5, 0.6) is 0 Å². The fourth-order valence-corrected chi connectivity index (χ4v) is 12.9. The van der Waals surface area contributed by atoms with E-state index in [1.165, 1.54) is 59.1 Å². The van der Waals surface area contributed by atoms with Gasteiger partial charge in [0.2, 0.25) is 0 Å². The lowest BCUT2D eigenvalue weighted by molar-refractivity contribution is 1.31. The number of hydrogen-bond acceptors (Lipinski definition) is 1. The molecule has 0 radical (unpaired) electrons. The number of fused-ring (bicyclic) bond motifs is 2. The molecule has 0 N–H and O–H groups in total. The second-order valence-corrected chi connectivity index (χ2v) is 17.1. The molecule has 0 spiro atoms. The molecule has 52 heavy (non-hydrogen) atoms. The summed E-state index contributed by atoms with van der Waals surface area (Å²) in [6, 6.07) is 82.3. The number of nitrogens with zero attached hydrogens (tertiary/aromatic N) is 1. The van der Waals surface area contributed by atoms with Crippen molar-refractivity contribution in [3.05, 3.63) is 224 Å². The predicted octanol–water partition coefficient (Wildman–Crippen LogP) is 10.5. The minimum Gasteiger partial charge on any atom is -0.309 e. The van der Waals surface area contributed by atoms with Crippen molar-refractivity contribution in [1.82, 2.24) is 0 Å². The maximum absolute atomic E-state index is 2.64. The molecule has 9 aromatic carbocycles. The Kier molecular flexibility index (Phi) is 8.28. The van der Waals surface area contributed by atoms with Crippen molar-refractivity contribution in [1.29, 1.82) is 0 Å². The zero-order valence-corrected chi connectivity index (χ0v) is 29.8. The van der Waals surface area contributed by atoms with Crippen molar-refractivity contribution >= 4 is 67.4 Å². The normalized spacial score (nSPS) is 11.5. The Morgan fingerprint density at radius 3 is 0.962 bits per heavy atom. The van der Waals surface area contributed by atoms with Crippen molar-refractivity contribution < 1.29 is 0 Å². The van der Waals surface area contributed by atoms with E-state index in [4.69, 9.17) is 0 Å². The van der Waals surface area contributed by atoms with Crippen LogP contribution in [0.3, 0.4) is 0 Å². The number of anilines is 3. The first-order valence-corrected chi connectivity index (χ1v) is 20.0. The summed E-state index contributed by atoms with van der Waals surface area (Å²) in [4.78, 5) is 2.41. The van der Waals surface area contributed by atoms with Gasteiger partial charge in [0.05, 0.1) is 5.69 Å². The van der Waals surface area contributed by atoms with Gasteiger partial charge in [-0.15, -0.1) is 0 Å². The Hall–Kier alpha value is -6.48. The van der Waals surface area contributed by atoms with E-state index in [-0.39, 0.29) is 0 Å². The Morgan fingerprint density at radius 1 is 0.269 bits per heavy atom. The van der Waals surface area contributed by atoms with E-state index in [1.54, 1.807) is 0 Å². The van der Waals surface area contributed by atoms with E-state index in [9.17, 15) is 0 Å². The second-order valence-electron chi connectivity index (χ2n) is 13.2. The van der Waals surface area contributed by atoms with Gasteiger partial charge in [0, 0.05) is 22.1 Å². The molecule has 0 bridgehead atoms. The van der Waals surface area contributed by atoms with E-state index >= 15 is 0 Å². The van der Waals surface area contributed by atoms with Gasteiger partial charge in [0.15, 0.2) is 8.07 Å². The van der Waals surface area contributed by atoms with Crippen LogP contribution in [0.1, 0.15) is 0 Å². The van der Waals surface area contributed by atoms with Crippen LogP contribution in [0.15, 0.2) is 224 Å². The highest BCUT2D eigenvalue weighted by Crippen LogP contribution is 2.47.